The summed E-state index contributed by atoms with van der Waals surface area (Å²) in [5.74, 6) is 5.97. The van der Waals surface area contributed by atoms with Gasteiger partial charge in [0.25, 0.3) is 0 Å². The van der Waals surface area contributed by atoms with Crippen LogP contribution in [-0.4, -0.2) is 26.0 Å². The highest BCUT2D eigenvalue weighted by molar-refractivity contribution is 8.00. The second-order valence-electron chi connectivity index (χ2n) is 6.25. The minimum Gasteiger partial charge on any atom is -0.335 e. The van der Waals surface area contributed by atoms with Crippen LogP contribution in [0.5, 0.6) is 0 Å². The first-order valence-electron chi connectivity index (χ1n) is 8.36. The fourth-order valence-electron chi connectivity index (χ4n) is 2.55. The van der Waals surface area contributed by atoms with Gasteiger partial charge >= 0.3 is 0 Å². The number of benzene rings is 2. The van der Waals surface area contributed by atoms with E-state index in [0.717, 1.165) is 16.8 Å². The van der Waals surface area contributed by atoms with E-state index in [9.17, 15) is 9.18 Å². The Balaban J connectivity index is 1.71. The van der Waals surface area contributed by atoms with Gasteiger partial charge in [-0.3, -0.25) is 4.79 Å². The van der Waals surface area contributed by atoms with Gasteiger partial charge in [-0.05, 0) is 56.7 Å². The minimum atomic E-state index is -0.432. The topological polar surface area (TPSA) is 85.8 Å². The molecule has 140 valence electrons. The molecule has 0 spiro atoms. The number of aryl methyl sites for hydroxylation is 2. The van der Waals surface area contributed by atoms with Crippen LogP contribution in [0.1, 0.15) is 18.1 Å². The van der Waals surface area contributed by atoms with Crippen molar-refractivity contribution in [3.63, 3.8) is 0 Å². The van der Waals surface area contributed by atoms with E-state index >= 15 is 0 Å². The number of anilines is 1. The fourth-order valence-corrected chi connectivity index (χ4v) is 3.32. The highest BCUT2D eigenvalue weighted by atomic mass is 32.2. The van der Waals surface area contributed by atoms with Crippen molar-refractivity contribution in [3.05, 3.63) is 59.4 Å². The van der Waals surface area contributed by atoms with E-state index in [-0.39, 0.29) is 11.7 Å². The van der Waals surface area contributed by atoms with Gasteiger partial charge in [0.2, 0.25) is 11.1 Å². The molecule has 3 N–H and O–H groups in total. The number of hydrogen-bond donors (Lipinski definition) is 2. The molecule has 0 fully saturated rings. The Kier molecular flexibility index (Phi) is 5.46. The lowest BCUT2D eigenvalue weighted by Crippen LogP contribution is -2.24. The lowest BCUT2D eigenvalue weighted by atomic mass is 10.1. The second kappa shape index (κ2) is 7.79. The Morgan fingerprint density at radius 2 is 1.89 bits per heavy atom. The summed E-state index contributed by atoms with van der Waals surface area (Å²) in [4.78, 5) is 12.5. The lowest BCUT2D eigenvalue weighted by Gasteiger charge is -2.13. The van der Waals surface area contributed by atoms with Crippen molar-refractivity contribution in [2.75, 3.05) is 11.2 Å². The summed E-state index contributed by atoms with van der Waals surface area (Å²) in [5, 5.41) is 11.0. The summed E-state index contributed by atoms with van der Waals surface area (Å²) in [6, 6.07) is 11.7. The molecule has 0 bridgehead atoms. The maximum absolute atomic E-state index is 13.1. The van der Waals surface area contributed by atoms with Gasteiger partial charge < -0.3 is 11.2 Å². The number of hydrogen-bond acceptors (Lipinski definition) is 5. The van der Waals surface area contributed by atoms with Crippen molar-refractivity contribution in [1.82, 2.24) is 14.9 Å². The number of aromatic nitrogens is 3. The highest BCUT2D eigenvalue weighted by Crippen LogP contribution is 2.26. The van der Waals surface area contributed by atoms with E-state index in [2.05, 4.69) is 15.5 Å². The van der Waals surface area contributed by atoms with Crippen LogP contribution in [0.3, 0.4) is 0 Å². The predicted molar refractivity (Wildman–Crippen MR) is 105 cm³/mol. The van der Waals surface area contributed by atoms with Gasteiger partial charge in [-0.25, -0.2) is 9.07 Å². The molecule has 1 aromatic heterocycles. The van der Waals surface area contributed by atoms with E-state index in [1.165, 1.54) is 28.6 Å². The van der Waals surface area contributed by atoms with Crippen LogP contribution in [0, 0.1) is 19.7 Å². The van der Waals surface area contributed by atoms with Crippen molar-refractivity contribution >= 4 is 23.4 Å². The quantitative estimate of drug-likeness (QED) is 0.518. The second-order valence-corrected chi connectivity index (χ2v) is 7.56. The third kappa shape index (κ3) is 4.28. The Labute approximate surface area is 161 Å². The number of thioether (sulfide) groups is 1. The number of nitrogens with two attached hydrogens (primary N) is 1. The molecular formula is C19H20FN5OS. The molecule has 8 heteroatoms. The number of halogens is 1. The molecule has 1 amide bonds. The van der Waals surface area contributed by atoms with E-state index < -0.39 is 5.25 Å². The first-order chi connectivity index (χ1) is 12.8. The lowest BCUT2D eigenvalue weighted by molar-refractivity contribution is -0.115. The standard InChI is InChI=1S/C19H20FN5OS/c1-11-4-9-16(12(2)10-11)22-18(26)13(3)27-19-24-23-17(25(19)21)14-5-7-15(20)8-6-14/h4-10,13H,21H2,1-3H3,(H,22,26)/t13-/m0/s1. The third-order valence-corrected chi connectivity index (χ3v) is 5.11. The van der Waals surface area contributed by atoms with Crippen LogP contribution < -0.4 is 11.2 Å². The van der Waals surface area contributed by atoms with Crippen molar-refractivity contribution in [3.8, 4) is 11.4 Å². The van der Waals surface area contributed by atoms with Crippen LogP contribution in [0.4, 0.5) is 10.1 Å². The molecule has 0 aliphatic heterocycles. The number of nitrogens with zero attached hydrogens (tertiary/aromatic N) is 3. The smallest absolute Gasteiger partial charge is 0.237 e. The Morgan fingerprint density at radius 3 is 2.56 bits per heavy atom. The van der Waals surface area contributed by atoms with Gasteiger partial charge in [-0.15, -0.1) is 10.2 Å². The Bertz CT molecular complexity index is 971. The van der Waals surface area contributed by atoms with Crippen LogP contribution in [0.15, 0.2) is 47.6 Å². The van der Waals surface area contributed by atoms with Crippen molar-refractivity contribution in [2.45, 2.75) is 31.2 Å². The van der Waals surface area contributed by atoms with Gasteiger partial charge in [-0.1, -0.05) is 29.5 Å². The number of nitrogen functional groups attached to an aromatic ring is 1. The zero-order chi connectivity index (χ0) is 19.6. The average Bonchev–Trinajstić information content (AvgIpc) is 2.98. The molecule has 0 radical (unpaired) electrons. The monoisotopic (exact) mass is 385 g/mol. The Hall–Kier alpha value is -2.87. The fraction of sp³-hybridized carbons (Fsp3) is 0.211. The summed E-state index contributed by atoms with van der Waals surface area (Å²) in [6.45, 7) is 5.73. The van der Waals surface area contributed by atoms with Gasteiger partial charge in [0.1, 0.15) is 5.82 Å². The maximum atomic E-state index is 13.1. The summed E-state index contributed by atoms with van der Waals surface area (Å²) < 4.78 is 14.4. The molecule has 0 unspecified atom stereocenters. The van der Waals surface area contributed by atoms with E-state index in [1.807, 2.05) is 32.0 Å². The average molecular weight is 385 g/mol. The SMILES string of the molecule is Cc1ccc(NC(=O)[C@H](C)Sc2nnc(-c3ccc(F)cc3)n2N)c(C)c1. The molecule has 1 atom stereocenters. The normalized spacial score (nSPS) is 12.0. The summed E-state index contributed by atoms with van der Waals surface area (Å²) in [7, 11) is 0. The van der Waals surface area contributed by atoms with Gasteiger partial charge in [0.05, 0.1) is 5.25 Å². The van der Waals surface area contributed by atoms with Gasteiger partial charge in [0, 0.05) is 11.3 Å². The number of nitrogens with one attached hydrogen (secondary N) is 1. The summed E-state index contributed by atoms with van der Waals surface area (Å²) in [6.07, 6.45) is 0. The van der Waals surface area contributed by atoms with Gasteiger partial charge in [-0.2, -0.15) is 0 Å². The zero-order valence-electron chi connectivity index (χ0n) is 15.2. The largest absolute Gasteiger partial charge is 0.335 e. The third-order valence-electron chi connectivity index (χ3n) is 4.06. The van der Waals surface area contributed by atoms with Crippen molar-refractivity contribution < 1.29 is 9.18 Å². The first kappa shape index (κ1) is 18.9. The molecule has 0 saturated carbocycles. The van der Waals surface area contributed by atoms with Crippen LogP contribution in [-0.2, 0) is 4.79 Å². The van der Waals surface area contributed by atoms with Crippen LogP contribution in [0.2, 0.25) is 0 Å². The molecule has 0 aliphatic rings. The van der Waals surface area contributed by atoms with Crippen molar-refractivity contribution in [2.24, 2.45) is 0 Å². The number of amides is 1. The maximum Gasteiger partial charge on any atom is 0.237 e. The van der Waals surface area contributed by atoms with E-state index in [0.29, 0.717) is 16.5 Å². The molecule has 2 aromatic carbocycles. The molecule has 3 aromatic rings. The van der Waals surface area contributed by atoms with Gasteiger partial charge in [0.15, 0.2) is 5.82 Å². The number of rotatable bonds is 5. The van der Waals surface area contributed by atoms with E-state index in [4.69, 9.17) is 5.84 Å². The minimum absolute atomic E-state index is 0.154. The highest BCUT2D eigenvalue weighted by Gasteiger charge is 2.20. The molecule has 6 nitrogen and oxygen atoms in total. The summed E-state index contributed by atoms with van der Waals surface area (Å²) in [5.41, 5.74) is 3.56. The predicted octanol–water partition coefficient (Wildman–Crippen LogP) is 3.53. The van der Waals surface area contributed by atoms with E-state index in [1.54, 1.807) is 19.1 Å². The van der Waals surface area contributed by atoms with Crippen LogP contribution >= 0.6 is 11.8 Å². The number of carbonyl (C=O) groups excluding carboxylic acids is 1. The molecule has 3 rings (SSSR count). The molecular weight excluding hydrogens is 365 g/mol. The molecule has 0 saturated heterocycles. The van der Waals surface area contributed by atoms with Crippen molar-refractivity contribution in [1.29, 1.82) is 0 Å². The molecule has 1 heterocycles. The van der Waals surface area contributed by atoms with Crippen LogP contribution in [0.25, 0.3) is 11.4 Å². The summed E-state index contributed by atoms with van der Waals surface area (Å²) >= 11 is 1.20. The molecule has 27 heavy (non-hydrogen) atoms. The Morgan fingerprint density at radius 1 is 1.19 bits per heavy atom. The number of carbonyl (C=O) groups is 1. The molecule has 0 aliphatic carbocycles. The zero-order valence-corrected chi connectivity index (χ0v) is 16.0. The first-order valence-corrected chi connectivity index (χ1v) is 9.24.